The Morgan fingerprint density at radius 2 is 2.29 bits per heavy atom. The van der Waals surface area contributed by atoms with E-state index in [1.54, 1.807) is 0 Å². The fourth-order valence-electron chi connectivity index (χ4n) is 1.23. The predicted molar refractivity (Wildman–Crippen MR) is 73.2 cm³/mol. The van der Waals surface area contributed by atoms with Crippen molar-refractivity contribution in [2.24, 2.45) is 0 Å². The molecule has 0 aliphatic rings. The summed E-state index contributed by atoms with van der Waals surface area (Å²) in [6.45, 7) is 7.79. The van der Waals surface area contributed by atoms with Gasteiger partial charge in [-0.3, -0.25) is 0 Å². The Bertz CT molecular complexity index is 358. The summed E-state index contributed by atoms with van der Waals surface area (Å²) in [5.74, 6) is 1.66. The predicted octanol–water partition coefficient (Wildman–Crippen LogP) is 2.81. The minimum Gasteiger partial charge on any atom is -0.379 e. The third-order valence-corrected chi connectivity index (χ3v) is 2.48. The number of hydrogen-bond acceptors (Lipinski definition) is 4. The van der Waals surface area contributed by atoms with Crippen molar-refractivity contribution in [3.8, 4) is 0 Å². The van der Waals surface area contributed by atoms with E-state index in [2.05, 4.69) is 37.8 Å². The summed E-state index contributed by atoms with van der Waals surface area (Å²) in [5.41, 5.74) is 0. The number of aryl methyl sites for hydroxylation is 1. The van der Waals surface area contributed by atoms with Crippen molar-refractivity contribution in [2.75, 3.05) is 25.1 Å². The summed E-state index contributed by atoms with van der Waals surface area (Å²) in [4.78, 5) is 8.61. The zero-order valence-corrected chi connectivity index (χ0v) is 11.7. The summed E-state index contributed by atoms with van der Waals surface area (Å²) in [5, 5.41) is 3.21. The molecule has 0 unspecified atom stereocenters. The molecule has 0 aromatic carbocycles. The smallest absolute Gasteiger partial charge is 0.131 e. The maximum atomic E-state index is 5.39. The van der Waals surface area contributed by atoms with Crippen LogP contribution < -0.4 is 5.32 Å². The topological polar surface area (TPSA) is 47.0 Å². The van der Waals surface area contributed by atoms with Gasteiger partial charge in [0.1, 0.15) is 16.2 Å². The minimum atomic E-state index is 0.664. The molecule has 1 rings (SSSR count). The van der Waals surface area contributed by atoms with Gasteiger partial charge in [0.2, 0.25) is 0 Å². The summed E-state index contributed by atoms with van der Waals surface area (Å²) in [6.07, 6.45) is 3.56. The number of halogens is 1. The number of nitrogens with one attached hydrogen (secondary N) is 1. The first-order valence-electron chi connectivity index (χ1n) is 5.72. The number of hydrogen-bond donors (Lipinski definition) is 1. The van der Waals surface area contributed by atoms with Gasteiger partial charge in [-0.2, -0.15) is 0 Å². The van der Waals surface area contributed by atoms with Crippen molar-refractivity contribution >= 4 is 21.7 Å². The fraction of sp³-hybridized carbons (Fsp3) is 0.500. The summed E-state index contributed by atoms with van der Waals surface area (Å²) in [7, 11) is 0. The van der Waals surface area contributed by atoms with E-state index in [1.807, 2.05) is 19.1 Å². The van der Waals surface area contributed by atoms with Gasteiger partial charge >= 0.3 is 0 Å². The molecule has 0 spiro atoms. The van der Waals surface area contributed by atoms with Gasteiger partial charge in [0, 0.05) is 19.0 Å². The van der Waals surface area contributed by atoms with Gasteiger partial charge in [-0.1, -0.05) is 13.0 Å². The molecule has 0 fully saturated rings. The van der Waals surface area contributed by atoms with Crippen molar-refractivity contribution in [1.29, 1.82) is 0 Å². The van der Waals surface area contributed by atoms with Crippen LogP contribution in [0.3, 0.4) is 0 Å². The summed E-state index contributed by atoms with van der Waals surface area (Å²) >= 11 is 3.36. The highest BCUT2D eigenvalue weighted by Crippen LogP contribution is 2.12. The second-order valence-electron chi connectivity index (χ2n) is 3.46. The van der Waals surface area contributed by atoms with E-state index < -0.39 is 0 Å². The molecule has 1 N–H and O–H groups in total. The Labute approximate surface area is 111 Å². The third-order valence-electron chi connectivity index (χ3n) is 2.08. The Balaban J connectivity index is 2.31. The Hall–Kier alpha value is -0.940. The van der Waals surface area contributed by atoms with Crippen molar-refractivity contribution in [3.63, 3.8) is 0 Å². The average Bonchev–Trinajstić information content (AvgIpc) is 2.33. The van der Waals surface area contributed by atoms with Crippen LogP contribution >= 0.6 is 15.9 Å². The normalized spacial score (nSPS) is 10.2. The van der Waals surface area contributed by atoms with Crippen LogP contribution in [0, 0.1) is 0 Å². The van der Waals surface area contributed by atoms with Crippen LogP contribution in [-0.4, -0.2) is 29.7 Å². The van der Waals surface area contributed by atoms with Crippen LogP contribution in [-0.2, 0) is 11.2 Å². The number of ether oxygens (including phenoxy) is 1. The molecule has 1 aromatic rings. The van der Waals surface area contributed by atoms with E-state index in [0.717, 1.165) is 42.2 Å². The van der Waals surface area contributed by atoms with E-state index in [1.165, 1.54) is 0 Å². The highest BCUT2D eigenvalue weighted by Gasteiger charge is 2.00. The van der Waals surface area contributed by atoms with E-state index >= 15 is 0 Å². The Kier molecular flexibility index (Phi) is 6.81. The van der Waals surface area contributed by atoms with Crippen LogP contribution in [0.15, 0.2) is 23.3 Å². The zero-order chi connectivity index (χ0) is 12.5. The Morgan fingerprint density at radius 3 is 3.00 bits per heavy atom. The number of nitrogens with zero attached hydrogens (tertiary/aromatic N) is 2. The zero-order valence-electron chi connectivity index (χ0n) is 10.1. The van der Waals surface area contributed by atoms with Gasteiger partial charge in [0.05, 0.1) is 13.2 Å². The quantitative estimate of drug-likeness (QED) is 0.455. The molecule has 5 heteroatoms. The molecule has 0 amide bonds. The van der Waals surface area contributed by atoms with Crippen molar-refractivity contribution in [2.45, 2.75) is 19.8 Å². The molecule has 0 saturated carbocycles. The van der Waals surface area contributed by atoms with E-state index in [4.69, 9.17) is 4.74 Å². The van der Waals surface area contributed by atoms with E-state index in [9.17, 15) is 0 Å². The van der Waals surface area contributed by atoms with Gasteiger partial charge in [-0.25, -0.2) is 9.97 Å². The molecule has 0 saturated heterocycles. The lowest BCUT2D eigenvalue weighted by atomic mass is 10.4. The highest BCUT2D eigenvalue weighted by molar-refractivity contribution is 9.10. The standard InChI is InChI=1S/C12H18BrN3O/c1-3-5-7-17-8-6-14-12-9-10(13)15-11(4-2)16-12/h3,9H,1,4-8H2,2H3,(H,14,15,16). The van der Waals surface area contributed by atoms with Gasteiger partial charge in [0.25, 0.3) is 0 Å². The fourth-order valence-corrected chi connectivity index (χ4v) is 1.65. The number of rotatable bonds is 8. The lowest BCUT2D eigenvalue weighted by Crippen LogP contribution is -2.11. The second kappa shape index (κ2) is 8.20. The van der Waals surface area contributed by atoms with Gasteiger partial charge in [0.15, 0.2) is 0 Å². The molecule has 0 aliphatic carbocycles. The molecule has 0 bridgehead atoms. The first-order chi connectivity index (χ1) is 8.26. The van der Waals surface area contributed by atoms with Crippen LogP contribution in [0.25, 0.3) is 0 Å². The molecule has 4 nitrogen and oxygen atoms in total. The maximum Gasteiger partial charge on any atom is 0.131 e. The molecule has 1 aromatic heterocycles. The monoisotopic (exact) mass is 299 g/mol. The van der Waals surface area contributed by atoms with Gasteiger partial charge < -0.3 is 10.1 Å². The Morgan fingerprint density at radius 1 is 1.47 bits per heavy atom. The first kappa shape index (κ1) is 14.1. The van der Waals surface area contributed by atoms with E-state index in [0.29, 0.717) is 6.61 Å². The van der Waals surface area contributed by atoms with Crippen molar-refractivity contribution in [3.05, 3.63) is 29.1 Å². The van der Waals surface area contributed by atoms with Gasteiger partial charge in [-0.15, -0.1) is 6.58 Å². The molecule has 0 radical (unpaired) electrons. The summed E-state index contributed by atoms with van der Waals surface area (Å²) < 4.78 is 6.20. The average molecular weight is 300 g/mol. The molecule has 94 valence electrons. The summed E-state index contributed by atoms with van der Waals surface area (Å²) in [6, 6.07) is 1.86. The van der Waals surface area contributed by atoms with Crippen LogP contribution in [0.1, 0.15) is 19.2 Å². The van der Waals surface area contributed by atoms with Crippen LogP contribution in [0.2, 0.25) is 0 Å². The molecular weight excluding hydrogens is 282 g/mol. The largest absolute Gasteiger partial charge is 0.379 e. The van der Waals surface area contributed by atoms with Crippen LogP contribution in [0.5, 0.6) is 0 Å². The first-order valence-corrected chi connectivity index (χ1v) is 6.51. The lowest BCUT2D eigenvalue weighted by Gasteiger charge is -2.07. The molecule has 0 aliphatic heterocycles. The SMILES string of the molecule is C=CCCOCCNc1cc(Br)nc(CC)n1. The molecule has 1 heterocycles. The highest BCUT2D eigenvalue weighted by atomic mass is 79.9. The van der Waals surface area contributed by atoms with Crippen LogP contribution in [0.4, 0.5) is 5.82 Å². The third kappa shape index (κ3) is 5.79. The maximum absolute atomic E-state index is 5.39. The number of anilines is 1. The van der Waals surface area contributed by atoms with Crippen molar-refractivity contribution in [1.82, 2.24) is 9.97 Å². The molecular formula is C12H18BrN3O. The lowest BCUT2D eigenvalue weighted by molar-refractivity contribution is 0.149. The van der Waals surface area contributed by atoms with E-state index in [-0.39, 0.29) is 0 Å². The minimum absolute atomic E-state index is 0.664. The molecule has 17 heavy (non-hydrogen) atoms. The molecule has 0 atom stereocenters. The van der Waals surface area contributed by atoms with Crippen molar-refractivity contribution < 1.29 is 4.74 Å². The van der Waals surface area contributed by atoms with Gasteiger partial charge in [-0.05, 0) is 22.4 Å². The number of aromatic nitrogens is 2. The second-order valence-corrected chi connectivity index (χ2v) is 4.27.